The number of nitrogens with zero attached hydrogens (tertiary/aromatic N) is 2. The topological polar surface area (TPSA) is 117 Å². The number of hydrogen-bond acceptors (Lipinski definition) is 5. The Hall–Kier alpha value is -2.48. The van der Waals surface area contributed by atoms with E-state index < -0.39 is 23.2 Å². The molecule has 1 atom stereocenters. The number of pyridine rings is 1. The van der Waals surface area contributed by atoms with Gasteiger partial charge in [0.15, 0.2) is 5.65 Å². The highest BCUT2D eigenvalue weighted by Gasteiger charge is 2.21. The van der Waals surface area contributed by atoms with Gasteiger partial charge in [0.1, 0.15) is 0 Å². The molecule has 0 saturated heterocycles. The van der Waals surface area contributed by atoms with Crippen molar-refractivity contribution in [3.05, 3.63) is 38.2 Å². The summed E-state index contributed by atoms with van der Waals surface area (Å²) in [7, 11) is 0. The first-order valence-electron chi connectivity index (χ1n) is 8.39. The number of hydrogen-bond donors (Lipinski definition) is 3. The molecule has 3 N–H and O–H groups in total. The van der Waals surface area contributed by atoms with Gasteiger partial charge in [-0.05, 0) is 25.3 Å². The van der Waals surface area contributed by atoms with Crippen LogP contribution in [0.25, 0.3) is 11.0 Å². The molecule has 1 amide bonds. The molecule has 1 unspecified atom stereocenters. The Morgan fingerprint density at radius 2 is 2.04 bits per heavy atom. The maximum absolute atomic E-state index is 12.6. The summed E-state index contributed by atoms with van der Waals surface area (Å²) < 4.78 is 1.38. The van der Waals surface area contributed by atoms with E-state index in [0.717, 1.165) is 0 Å². The molecule has 8 heteroatoms. The van der Waals surface area contributed by atoms with E-state index in [9.17, 15) is 14.4 Å². The molecule has 0 radical (unpaired) electrons. The lowest BCUT2D eigenvalue weighted by molar-refractivity contribution is 0.0923. The highest BCUT2D eigenvalue weighted by atomic mass is 16.3. The smallest absolute Gasteiger partial charge is 0.329 e. The number of aryl methyl sites for hydroxylation is 1. The molecule has 0 aliphatic heterocycles. The summed E-state index contributed by atoms with van der Waals surface area (Å²) in [5.74, 6) is -0.473. The summed E-state index contributed by atoms with van der Waals surface area (Å²) in [6.45, 7) is 7.56. The number of aromatic amines is 1. The Kier molecular flexibility index (Phi) is 5.73. The number of carbonyl (C=O) groups is 1. The molecule has 0 aromatic carbocycles. The molecular formula is C17H24N4O4. The second-order valence-corrected chi connectivity index (χ2v) is 6.42. The SMILES string of the molecule is CCCn1c(=O)[nH]c(=O)c2c(C(=O)NC(C)CO)cc(C(C)C)nc21. The number of carbonyl (C=O) groups excluding carboxylic acids is 1. The van der Waals surface area contributed by atoms with E-state index >= 15 is 0 Å². The Morgan fingerprint density at radius 1 is 1.36 bits per heavy atom. The summed E-state index contributed by atoms with van der Waals surface area (Å²) in [6, 6.07) is 1.11. The average molecular weight is 348 g/mol. The van der Waals surface area contributed by atoms with Crippen molar-refractivity contribution in [2.75, 3.05) is 6.61 Å². The van der Waals surface area contributed by atoms with Crippen molar-refractivity contribution < 1.29 is 9.90 Å². The number of aliphatic hydroxyl groups is 1. The predicted molar refractivity (Wildman–Crippen MR) is 95.0 cm³/mol. The van der Waals surface area contributed by atoms with Crippen LogP contribution in [0.1, 0.15) is 56.1 Å². The molecule has 8 nitrogen and oxygen atoms in total. The zero-order valence-corrected chi connectivity index (χ0v) is 14.9. The largest absolute Gasteiger partial charge is 0.394 e. The first-order chi connectivity index (χ1) is 11.8. The monoisotopic (exact) mass is 348 g/mol. The molecule has 136 valence electrons. The summed E-state index contributed by atoms with van der Waals surface area (Å²) in [4.78, 5) is 43.9. The van der Waals surface area contributed by atoms with Gasteiger partial charge < -0.3 is 10.4 Å². The van der Waals surface area contributed by atoms with Crippen molar-refractivity contribution in [1.82, 2.24) is 19.9 Å². The van der Waals surface area contributed by atoms with Gasteiger partial charge in [-0.1, -0.05) is 20.8 Å². The van der Waals surface area contributed by atoms with E-state index in [1.54, 1.807) is 13.0 Å². The first-order valence-corrected chi connectivity index (χ1v) is 8.39. The van der Waals surface area contributed by atoms with Crippen molar-refractivity contribution in [2.24, 2.45) is 0 Å². The molecule has 0 aliphatic carbocycles. The summed E-state index contributed by atoms with van der Waals surface area (Å²) in [6.07, 6.45) is 0.678. The van der Waals surface area contributed by atoms with Gasteiger partial charge in [-0.2, -0.15) is 0 Å². The highest BCUT2D eigenvalue weighted by Crippen LogP contribution is 2.20. The number of fused-ring (bicyclic) bond motifs is 1. The normalized spacial score (nSPS) is 12.6. The lowest BCUT2D eigenvalue weighted by Crippen LogP contribution is -2.37. The van der Waals surface area contributed by atoms with E-state index in [4.69, 9.17) is 5.11 Å². The van der Waals surface area contributed by atoms with Crippen LogP contribution in [-0.2, 0) is 6.54 Å². The summed E-state index contributed by atoms with van der Waals surface area (Å²) in [5.41, 5.74) is -0.201. The summed E-state index contributed by atoms with van der Waals surface area (Å²) in [5, 5.41) is 11.9. The van der Waals surface area contributed by atoms with Crippen LogP contribution in [0.4, 0.5) is 0 Å². The Bertz CT molecular complexity index is 898. The Labute approximate surface area is 144 Å². The van der Waals surface area contributed by atoms with Crippen LogP contribution >= 0.6 is 0 Å². The maximum atomic E-state index is 12.6. The first kappa shape index (κ1) is 18.9. The van der Waals surface area contributed by atoms with Gasteiger partial charge >= 0.3 is 5.69 Å². The van der Waals surface area contributed by atoms with Crippen LogP contribution in [0, 0.1) is 0 Å². The van der Waals surface area contributed by atoms with Gasteiger partial charge in [0.2, 0.25) is 0 Å². The van der Waals surface area contributed by atoms with Crippen LogP contribution < -0.4 is 16.6 Å². The number of aromatic nitrogens is 3. The number of H-pyrrole nitrogens is 1. The molecule has 2 heterocycles. The number of nitrogens with one attached hydrogen (secondary N) is 2. The fourth-order valence-corrected chi connectivity index (χ4v) is 2.55. The third-order valence-electron chi connectivity index (χ3n) is 3.90. The molecular weight excluding hydrogens is 324 g/mol. The molecule has 2 aromatic heterocycles. The van der Waals surface area contributed by atoms with Crippen LogP contribution in [0.3, 0.4) is 0 Å². The quantitative estimate of drug-likeness (QED) is 0.711. The lowest BCUT2D eigenvalue weighted by Gasteiger charge is -2.16. The molecule has 25 heavy (non-hydrogen) atoms. The van der Waals surface area contributed by atoms with E-state index in [1.807, 2.05) is 20.8 Å². The molecule has 0 spiro atoms. The van der Waals surface area contributed by atoms with Gasteiger partial charge in [0.25, 0.3) is 11.5 Å². The molecule has 0 fully saturated rings. The van der Waals surface area contributed by atoms with Crippen molar-refractivity contribution in [2.45, 2.75) is 52.6 Å². The molecule has 0 bridgehead atoms. The predicted octanol–water partition coefficient (Wildman–Crippen LogP) is 0.729. The van der Waals surface area contributed by atoms with E-state index in [2.05, 4.69) is 15.3 Å². The third-order valence-corrected chi connectivity index (χ3v) is 3.90. The van der Waals surface area contributed by atoms with Crippen molar-refractivity contribution >= 4 is 16.9 Å². The average Bonchev–Trinajstić information content (AvgIpc) is 2.56. The lowest BCUT2D eigenvalue weighted by atomic mass is 10.0. The fraction of sp³-hybridized carbons (Fsp3) is 0.529. The molecule has 0 saturated carbocycles. The van der Waals surface area contributed by atoms with Crippen molar-refractivity contribution in [3.63, 3.8) is 0 Å². The van der Waals surface area contributed by atoms with Crippen molar-refractivity contribution in [3.8, 4) is 0 Å². The van der Waals surface area contributed by atoms with Crippen LogP contribution in [0.5, 0.6) is 0 Å². The van der Waals surface area contributed by atoms with Crippen LogP contribution in [0.15, 0.2) is 15.7 Å². The minimum absolute atomic E-state index is 0.00989. The van der Waals surface area contributed by atoms with Gasteiger partial charge in [-0.15, -0.1) is 0 Å². The Balaban J connectivity index is 2.84. The molecule has 2 rings (SSSR count). The standard InChI is InChI=1S/C17H24N4O4/c1-5-6-21-14-13(16(24)20-17(21)25)11(7-12(19-14)9(2)3)15(23)18-10(4)8-22/h7,9-10,22H,5-6,8H2,1-4H3,(H,18,23)(H,20,24,25). The van der Waals surface area contributed by atoms with Crippen LogP contribution in [0.2, 0.25) is 0 Å². The minimum Gasteiger partial charge on any atom is -0.394 e. The van der Waals surface area contributed by atoms with Gasteiger partial charge in [0.05, 0.1) is 17.6 Å². The van der Waals surface area contributed by atoms with Gasteiger partial charge in [0, 0.05) is 18.3 Å². The van der Waals surface area contributed by atoms with E-state index in [1.165, 1.54) is 4.57 Å². The van der Waals surface area contributed by atoms with Crippen LogP contribution in [-0.4, -0.2) is 38.2 Å². The number of rotatable bonds is 6. The Morgan fingerprint density at radius 3 is 2.60 bits per heavy atom. The summed E-state index contributed by atoms with van der Waals surface area (Å²) >= 11 is 0. The van der Waals surface area contributed by atoms with E-state index in [0.29, 0.717) is 18.7 Å². The number of amides is 1. The maximum Gasteiger partial charge on any atom is 0.329 e. The van der Waals surface area contributed by atoms with Gasteiger partial charge in [-0.3, -0.25) is 19.1 Å². The fourth-order valence-electron chi connectivity index (χ4n) is 2.55. The number of aliphatic hydroxyl groups excluding tert-OH is 1. The van der Waals surface area contributed by atoms with E-state index in [-0.39, 0.29) is 29.1 Å². The molecule has 0 aliphatic rings. The minimum atomic E-state index is -0.642. The molecule has 2 aromatic rings. The second kappa shape index (κ2) is 7.60. The highest BCUT2D eigenvalue weighted by molar-refractivity contribution is 6.05. The second-order valence-electron chi connectivity index (χ2n) is 6.42. The van der Waals surface area contributed by atoms with Crippen molar-refractivity contribution in [1.29, 1.82) is 0 Å². The zero-order valence-electron chi connectivity index (χ0n) is 14.9. The van der Waals surface area contributed by atoms with Gasteiger partial charge in [-0.25, -0.2) is 9.78 Å². The zero-order chi connectivity index (χ0) is 18.7. The third kappa shape index (κ3) is 3.79.